The fraction of sp³-hybridized carbons (Fsp3) is 0.600. The normalized spacial score (nSPS) is 21.4. The van der Waals surface area contributed by atoms with E-state index < -0.39 is 12.0 Å². The second-order valence-corrected chi connectivity index (χ2v) is 4.11. The molecule has 90 valence electrons. The lowest BCUT2D eigenvalue weighted by atomic mass is 10.1. The molecule has 1 saturated heterocycles. The third-order valence-electron chi connectivity index (χ3n) is 2.40. The Balaban J connectivity index is 2.67. The number of halogens is 1. The summed E-state index contributed by atoms with van der Waals surface area (Å²) < 4.78 is 4.55. The number of carbonyl (C=O) groups excluding carboxylic acids is 2. The van der Waals surface area contributed by atoms with Crippen LogP contribution in [-0.2, 0) is 14.3 Å². The van der Waals surface area contributed by atoms with Gasteiger partial charge in [-0.1, -0.05) is 18.2 Å². The van der Waals surface area contributed by atoms with Gasteiger partial charge >= 0.3 is 5.97 Å². The Morgan fingerprint density at radius 3 is 3.00 bits per heavy atom. The van der Waals surface area contributed by atoms with E-state index in [1.165, 1.54) is 7.11 Å². The zero-order chi connectivity index (χ0) is 12.1. The monoisotopic (exact) mass is 246 g/mol. The standard InChI is InChI=1S/C10H15ClN2O3/c1-7(11)6-13-4-3-12-10(15)8(13)5-9(14)16-2/h8H,1,3-6H2,2H3,(H,12,15)/t8-/m0/s1. The van der Waals surface area contributed by atoms with E-state index in [1.54, 1.807) is 0 Å². The number of piperazine rings is 1. The average molecular weight is 247 g/mol. The number of amides is 1. The number of ether oxygens (including phenoxy) is 1. The first-order valence-electron chi connectivity index (χ1n) is 4.96. The Labute approximate surface area is 99.4 Å². The summed E-state index contributed by atoms with van der Waals surface area (Å²) >= 11 is 5.71. The predicted octanol–water partition coefficient (Wildman–Crippen LogP) is 0.102. The van der Waals surface area contributed by atoms with Crippen LogP contribution in [0.25, 0.3) is 0 Å². The van der Waals surface area contributed by atoms with Crippen molar-refractivity contribution in [1.82, 2.24) is 10.2 Å². The number of carbonyl (C=O) groups is 2. The van der Waals surface area contributed by atoms with Gasteiger partial charge in [0.25, 0.3) is 0 Å². The second-order valence-electron chi connectivity index (χ2n) is 3.57. The van der Waals surface area contributed by atoms with E-state index in [-0.39, 0.29) is 12.3 Å². The fourth-order valence-corrected chi connectivity index (χ4v) is 1.79. The van der Waals surface area contributed by atoms with Crippen LogP contribution in [0.15, 0.2) is 11.6 Å². The molecule has 16 heavy (non-hydrogen) atoms. The van der Waals surface area contributed by atoms with Crippen LogP contribution in [0.5, 0.6) is 0 Å². The number of methoxy groups -OCH3 is 1. The van der Waals surface area contributed by atoms with E-state index in [0.717, 1.165) is 0 Å². The summed E-state index contributed by atoms with van der Waals surface area (Å²) in [5.74, 6) is -0.582. The summed E-state index contributed by atoms with van der Waals surface area (Å²) in [6.45, 7) is 5.19. The molecule has 1 rings (SSSR count). The minimum atomic E-state index is -0.517. The zero-order valence-electron chi connectivity index (χ0n) is 9.16. The quantitative estimate of drug-likeness (QED) is 0.715. The second kappa shape index (κ2) is 5.86. The van der Waals surface area contributed by atoms with Crippen molar-refractivity contribution in [2.45, 2.75) is 12.5 Å². The van der Waals surface area contributed by atoms with Gasteiger partial charge in [0.05, 0.1) is 13.5 Å². The van der Waals surface area contributed by atoms with Gasteiger partial charge in [0.1, 0.15) is 6.04 Å². The van der Waals surface area contributed by atoms with Crippen LogP contribution in [0.4, 0.5) is 0 Å². The summed E-state index contributed by atoms with van der Waals surface area (Å²) in [6, 6.07) is -0.517. The van der Waals surface area contributed by atoms with Gasteiger partial charge in [0.2, 0.25) is 5.91 Å². The summed E-state index contributed by atoms with van der Waals surface area (Å²) in [7, 11) is 1.30. The van der Waals surface area contributed by atoms with E-state index >= 15 is 0 Å². The molecule has 0 aromatic carbocycles. The molecular weight excluding hydrogens is 232 g/mol. The van der Waals surface area contributed by atoms with E-state index in [1.807, 2.05) is 4.90 Å². The van der Waals surface area contributed by atoms with Crippen LogP contribution in [-0.4, -0.2) is 49.6 Å². The number of esters is 1. The fourth-order valence-electron chi connectivity index (χ4n) is 1.63. The molecule has 0 spiro atoms. The Morgan fingerprint density at radius 1 is 1.75 bits per heavy atom. The Hall–Kier alpha value is -1.07. The third-order valence-corrected chi connectivity index (χ3v) is 2.52. The summed E-state index contributed by atoms with van der Waals surface area (Å²) in [4.78, 5) is 24.6. The Morgan fingerprint density at radius 2 is 2.44 bits per heavy atom. The molecule has 0 radical (unpaired) electrons. The maximum Gasteiger partial charge on any atom is 0.307 e. The number of rotatable bonds is 4. The van der Waals surface area contributed by atoms with Crippen molar-refractivity contribution in [3.8, 4) is 0 Å². The van der Waals surface area contributed by atoms with Crippen molar-refractivity contribution in [1.29, 1.82) is 0 Å². The van der Waals surface area contributed by atoms with E-state index in [0.29, 0.717) is 24.7 Å². The molecule has 0 aromatic rings. The highest BCUT2D eigenvalue weighted by Crippen LogP contribution is 2.12. The van der Waals surface area contributed by atoms with Crippen LogP contribution in [0.2, 0.25) is 0 Å². The molecule has 0 unspecified atom stereocenters. The first-order chi connectivity index (χ1) is 7.54. The summed E-state index contributed by atoms with van der Waals surface area (Å²) in [5.41, 5.74) is 0. The van der Waals surface area contributed by atoms with Crippen LogP contribution in [0.3, 0.4) is 0 Å². The van der Waals surface area contributed by atoms with Crippen LogP contribution in [0.1, 0.15) is 6.42 Å². The molecular formula is C10H15ClN2O3. The van der Waals surface area contributed by atoms with Gasteiger partial charge in [-0.05, 0) is 0 Å². The highest BCUT2D eigenvalue weighted by atomic mass is 35.5. The van der Waals surface area contributed by atoms with E-state index in [2.05, 4.69) is 16.6 Å². The first-order valence-corrected chi connectivity index (χ1v) is 5.34. The molecule has 1 heterocycles. The van der Waals surface area contributed by atoms with Gasteiger partial charge in [0, 0.05) is 24.7 Å². The maximum absolute atomic E-state index is 11.6. The largest absolute Gasteiger partial charge is 0.469 e. The first kappa shape index (κ1) is 13.0. The molecule has 1 aliphatic heterocycles. The zero-order valence-corrected chi connectivity index (χ0v) is 9.92. The van der Waals surface area contributed by atoms with Gasteiger partial charge < -0.3 is 10.1 Å². The minimum Gasteiger partial charge on any atom is -0.469 e. The van der Waals surface area contributed by atoms with Crippen molar-refractivity contribution >= 4 is 23.5 Å². The molecule has 1 fully saturated rings. The van der Waals surface area contributed by atoms with Crippen LogP contribution in [0, 0.1) is 0 Å². The van der Waals surface area contributed by atoms with E-state index in [4.69, 9.17) is 11.6 Å². The maximum atomic E-state index is 11.6. The molecule has 6 heteroatoms. The highest BCUT2D eigenvalue weighted by molar-refractivity contribution is 6.29. The molecule has 0 aliphatic carbocycles. The van der Waals surface area contributed by atoms with Crippen molar-refractivity contribution < 1.29 is 14.3 Å². The minimum absolute atomic E-state index is 0.0342. The molecule has 1 atom stereocenters. The lowest BCUT2D eigenvalue weighted by Gasteiger charge is -2.34. The van der Waals surface area contributed by atoms with Gasteiger partial charge in [-0.2, -0.15) is 0 Å². The highest BCUT2D eigenvalue weighted by Gasteiger charge is 2.31. The molecule has 0 aromatic heterocycles. The third kappa shape index (κ3) is 3.50. The summed E-state index contributed by atoms with van der Waals surface area (Å²) in [6.07, 6.45) is 0.0342. The number of hydrogen-bond donors (Lipinski definition) is 1. The molecule has 1 N–H and O–H groups in total. The molecule has 1 amide bonds. The molecule has 5 nitrogen and oxygen atoms in total. The van der Waals surface area contributed by atoms with Crippen molar-refractivity contribution in [3.05, 3.63) is 11.6 Å². The van der Waals surface area contributed by atoms with Crippen molar-refractivity contribution in [3.63, 3.8) is 0 Å². The van der Waals surface area contributed by atoms with Crippen molar-refractivity contribution in [2.24, 2.45) is 0 Å². The van der Waals surface area contributed by atoms with Crippen molar-refractivity contribution in [2.75, 3.05) is 26.7 Å². The van der Waals surface area contributed by atoms with Gasteiger partial charge in [-0.3, -0.25) is 14.5 Å². The lowest BCUT2D eigenvalue weighted by molar-refractivity contribution is -0.145. The number of nitrogens with one attached hydrogen (secondary N) is 1. The smallest absolute Gasteiger partial charge is 0.307 e. The van der Waals surface area contributed by atoms with Crippen LogP contribution < -0.4 is 5.32 Å². The lowest BCUT2D eigenvalue weighted by Crippen LogP contribution is -2.56. The average Bonchev–Trinajstić information content (AvgIpc) is 2.22. The van der Waals surface area contributed by atoms with Gasteiger partial charge in [-0.15, -0.1) is 0 Å². The SMILES string of the molecule is C=C(Cl)CN1CCNC(=O)[C@@H]1CC(=O)OC. The summed E-state index contributed by atoms with van der Waals surface area (Å²) in [5, 5.41) is 3.15. The predicted molar refractivity (Wildman–Crippen MR) is 60.0 cm³/mol. The van der Waals surface area contributed by atoms with Gasteiger partial charge in [-0.25, -0.2) is 0 Å². The number of hydrogen-bond acceptors (Lipinski definition) is 4. The van der Waals surface area contributed by atoms with E-state index in [9.17, 15) is 9.59 Å². The van der Waals surface area contributed by atoms with Gasteiger partial charge in [0.15, 0.2) is 0 Å². The van der Waals surface area contributed by atoms with Crippen LogP contribution >= 0.6 is 11.6 Å². The number of nitrogens with zero attached hydrogens (tertiary/aromatic N) is 1. The Bertz CT molecular complexity index is 306. The Kier molecular flexibility index (Phi) is 4.76. The molecule has 1 aliphatic rings. The topological polar surface area (TPSA) is 58.6 Å². The molecule has 0 bridgehead atoms. The molecule has 0 saturated carbocycles.